The molecule has 2 aromatic rings. The van der Waals surface area contributed by atoms with Crippen molar-refractivity contribution in [3.05, 3.63) is 48.0 Å². The highest BCUT2D eigenvalue weighted by molar-refractivity contribution is 8.13. The molecule has 0 N–H and O–H groups in total. The van der Waals surface area contributed by atoms with Crippen LogP contribution in [0.4, 0.5) is 5.69 Å². The van der Waals surface area contributed by atoms with Crippen molar-refractivity contribution in [2.45, 2.75) is 19.3 Å². The van der Waals surface area contributed by atoms with Crippen LogP contribution in [0.15, 0.2) is 47.5 Å². The summed E-state index contributed by atoms with van der Waals surface area (Å²) in [5.41, 5.74) is 1.82. The molecular formula is C22H26N2O4S. The predicted octanol–water partition coefficient (Wildman–Crippen LogP) is 4.30. The van der Waals surface area contributed by atoms with E-state index in [1.165, 1.54) is 0 Å². The molecule has 3 rings (SSSR count). The lowest BCUT2D eigenvalue weighted by molar-refractivity contribution is -0.127. The van der Waals surface area contributed by atoms with E-state index in [2.05, 4.69) is 4.99 Å². The Kier molecular flexibility index (Phi) is 7.41. The van der Waals surface area contributed by atoms with Crippen LogP contribution in [-0.4, -0.2) is 49.6 Å². The van der Waals surface area contributed by atoms with Crippen LogP contribution in [0.25, 0.3) is 0 Å². The van der Waals surface area contributed by atoms with Gasteiger partial charge in [0.1, 0.15) is 0 Å². The largest absolute Gasteiger partial charge is 0.493 e. The SMILES string of the molecule is COc1cc(CCC(=O)N2CCCSC2=Nc2ccccc2)cc(OC)c1OC. The van der Waals surface area contributed by atoms with Gasteiger partial charge in [-0.3, -0.25) is 9.69 Å². The molecule has 0 spiro atoms. The van der Waals surface area contributed by atoms with Crippen LogP contribution in [0.2, 0.25) is 0 Å². The summed E-state index contributed by atoms with van der Waals surface area (Å²) in [6.07, 6.45) is 1.93. The molecule has 29 heavy (non-hydrogen) atoms. The van der Waals surface area contributed by atoms with E-state index in [-0.39, 0.29) is 5.91 Å². The van der Waals surface area contributed by atoms with Crippen molar-refractivity contribution < 1.29 is 19.0 Å². The summed E-state index contributed by atoms with van der Waals surface area (Å²) in [5, 5.41) is 0.775. The van der Waals surface area contributed by atoms with Crippen molar-refractivity contribution in [3.63, 3.8) is 0 Å². The van der Waals surface area contributed by atoms with Crippen molar-refractivity contribution in [2.75, 3.05) is 33.6 Å². The normalized spacial score (nSPS) is 15.3. The zero-order valence-electron chi connectivity index (χ0n) is 17.0. The number of methoxy groups -OCH3 is 3. The number of rotatable bonds is 7. The molecule has 0 aromatic heterocycles. The highest BCUT2D eigenvalue weighted by Gasteiger charge is 2.24. The molecule has 1 heterocycles. The molecule has 0 saturated carbocycles. The van der Waals surface area contributed by atoms with E-state index in [1.807, 2.05) is 42.5 Å². The number of hydrogen-bond acceptors (Lipinski definition) is 6. The Balaban J connectivity index is 1.73. The van der Waals surface area contributed by atoms with E-state index in [4.69, 9.17) is 14.2 Å². The highest BCUT2D eigenvalue weighted by atomic mass is 32.2. The van der Waals surface area contributed by atoms with Crippen LogP contribution >= 0.6 is 11.8 Å². The molecule has 0 atom stereocenters. The Hall–Kier alpha value is -2.67. The molecule has 0 aliphatic carbocycles. The lowest BCUT2D eigenvalue weighted by Gasteiger charge is -2.28. The van der Waals surface area contributed by atoms with Gasteiger partial charge in [-0.05, 0) is 42.7 Å². The number of aliphatic imine (C=N–C) groups is 1. The van der Waals surface area contributed by atoms with Gasteiger partial charge in [-0.2, -0.15) is 0 Å². The van der Waals surface area contributed by atoms with E-state index >= 15 is 0 Å². The first-order valence-corrected chi connectivity index (χ1v) is 10.5. The average Bonchev–Trinajstić information content (AvgIpc) is 2.77. The summed E-state index contributed by atoms with van der Waals surface area (Å²) in [4.78, 5) is 19.4. The van der Waals surface area contributed by atoms with Crippen LogP contribution in [0.5, 0.6) is 17.2 Å². The maximum Gasteiger partial charge on any atom is 0.228 e. The van der Waals surface area contributed by atoms with Gasteiger partial charge in [-0.15, -0.1) is 0 Å². The molecule has 1 saturated heterocycles. The number of carbonyl (C=O) groups excluding carboxylic acids is 1. The number of ether oxygens (including phenoxy) is 3. The molecule has 1 aliphatic heterocycles. The smallest absolute Gasteiger partial charge is 0.228 e. The molecule has 154 valence electrons. The Labute approximate surface area is 175 Å². The summed E-state index contributed by atoms with van der Waals surface area (Å²) in [5.74, 6) is 2.78. The second-order valence-corrected chi connectivity index (χ2v) is 7.57. The molecule has 0 bridgehead atoms. The van der Waals surface area contributed by atoms with E-state index in [0.29, 0.717) is 36.6 Å². The maximum atomic E-state index is 12.9. The number of aryl methyl sites for hydroxylation is 1. The van der Waals surface area contributed by atoms with Gasteiger partial charge < -0.3 is 14.2 Å². The highest BCUT2D eigenvalue weighted by Crippen LogP contribution is 2.38. The van der Waals surface area contributed by atoms with Crippen LogP contribution in [0.3, 0.4) is 0 Å². The molecule has 1 amide bonds. The van der Waals surface area contributed by atoms with Gasteiger partial charge in [-0.25, -0.2) is 4.99 Å². The van der Waals surface area contributed by atoms with Crippen molar-refractivity contribution in [3.8, 4) is 17.2 Å². The zero-order chi connectivity index (χ0) is 20.6. The molecule has 2 aromatic carbocycles. The van der Waals surface area contributed by atoms with Crippen LogP contribution < -0.4 is 14.2 Å². The fraction of sp³-hybridized carbons (Fsp3) is 0.364. The second kappa shape index (κ2) is 10.2. The average molecular weight is 415 g/mol. The standard InChI is InChI=1S/C22H26N2O4S/c1-26-18-14-16(15-19(27-2)21(18)28-3)10-11-20(25)24-12-7-13-29-22(24)23-17-8-5-4-6-9-17/h4-6,8-9,14-15H,7,10-13H2,1-3H3. The third-order valence-corrected chi connectivity index (χ3v) is 5.68. The number of amides is 1. The van der Waals surface area contributed by atoms with Gasteiger partial charge >= 0.3 is 0 Å². The third-order valence-electron chi connectivity index (χ3n) is 4.62. The van der Waals surface area contributed by atoms with Crippen molar-refractivity contribution in [2.24, 2.45) is 4.99 Å². The molecule has 0 unspecified atom stereocenters. The molecule has 6 nitrogen and oxygen atoms in total. The Morgan fingerprint density at radius 3 is 2.38 bits per heavy atom. The maximum absolute atomic E-state index is 12.9. The number of benzene rings is 2. The first-order valence-electron chi connectivity index (χ1n) is 9.52. The number of amidine groups is 1. The van der Waals surface area contributed by atoms with Crippen molar-refractivity contribution >= 4 is 28.5 Å². The Bertz CT molecular complexity index is 845. The molecular weight excluding hydrogens is 388 g/mol. The third kappa shape index (κ3) is 5.23. The summed E-state index contributed by atoms with van der Waals surface area (Å²) in [6.45, 7) is 0.701. The molecule has 1 fully saturated rings. The van der Waals surface area contributed by atoms with Gasteiger partial charge in [0.25, 0.3) is 0 Å². The fourth-order valence-electron chi connectivity index (χ4n) is 3.16. The lowest BCUT2D eigenvalue weighted by atomic mass is 10.1. The molecule has 7 heteroatoms. The minimum Gasteiger partial charge on any atom is -0.493 e. The van der Waals surface area contributed by atoms with Gasteiger partial charge in [0.05, 0.1) is 27.0 Å². The minimum absolute atomic E-state index is 0.0700. The number of carbonyl (C=O) groups is 1. The number of hydrogen-bond donors (Lipinski definition) is 0. The number of nitrogens with zero attached hydrogens (tertiary/aromatic N) is 2. The second-order valence-electron chi connectivity index (χ2n) is 6.51. The van der Waals surface area contributed by atoms with Gasteiger partial charge in [0.2, 0.25) is 11.7 Å². The number of para-hydroxylation sites is 1. The quantitative estimate of drug-likeness (QED) is 0.676. The van der Waals surface area contributed by atoms with Crippen LogP contribution in [0.1, 0.15) is 18.4 Å². The topological polar surface area (TPSA) is 60.4 Å². The van der Waals surface area contributed by atoms with Crippen molar-refractivity contribution in [1.82, 2.24) is 4.90 Å². The van der Waals surface area contributed by atoms with E-state index in [1.54, 1.807) is 38.0 Å². The summed E-state index contributed by atoms with van der Waals surface area (Å²) < 4.78 is 16.2. The van der Waals surface area contributed by atoms with E-state index in [9.17, 15) is 4.79 Å². The van der Waals surface area contributed by atoms with Gasteiger partial charge in [0.15, 0.2) is 16.7 Å². The summed E-state index contributed by atoms with van der Waals surface area (Å²) >= 11 is 1.63. The van der Waals surface area contributed by atoms with Crippen molar-refractivity contribution in [1.29, 1.82) is 0 Å². The lowest BCUT2D eigenvalue weighted by Crippen LogP contribution is -2.39. The monoisotopic (exact) mass is 414 g/mol. The van der Waals surface area contributed by atoms with Crippen LogP contribution in [-0.2, 0) is 11.2 Å². The Morgan fingerprint density at radius 1 is 1.07 bits per heavy atom. The predicted molar refractivity (Wildman–Crippen MR) is 117 cm³/mol. The van der Waals surface area contributed by atoms with Gasteiger partial charge in [0, 0.05) is 18.7 Å². The first-order chi connectivity index (χ1) is 14.2. The van der Waals surface area contributed by atoms with E-state index in [0.717, 1.165) is 28.6 Å². The Morgan fingerprint density at radius 2 is 1.76 bits per heavy atom. The summed E-state index contributed by atoms with van der Waals surface area (Å²) in [6, 6.07) is 13.5. The van der Waals surface area contributed by atoms with Gasteiger partial charge in [-0.1, -0.05) is 30.0 Å². The molecule has 0 radical (unpaired) electrons. The zero-order valence-corrected chi connectivity index (χ0v) is 17.8. The molecule has 1 aliphatic rings. The summed E-state index contributed by atoms with van der Waals surface area (Å²) in [7, 11) is 4.75. The fourth-order valence-corrected chi connectivity index (χ4v) is 4.14. The number of thioether (sulfide) groups is 1. The minimum atomic E-state index is 0.0700. The van der Waals surface area contributed by atoms with Crippen LogP contribution in [0, 0.1) is 0 Å². The van der Waals surface area contributed by atoms with E-state index < -0.39 is 0 Å². The first kappa shape index (κ1) is 21.0.